The van der Waals surface area contributed by atoms with Gasteiger partial charge in [-0.2, -0.15) is 5.06 Å². The quantitative estimate of drug-likeness (QED) is 0.199. The Labute approximate surface area is 158 Å². The molecule has 0 bridgehead atoms. The number of hydroxylamine groups is 2. The Morgan fingerprint density at radius 2 is 1.16 bits per heavy atom. The average molecular weight is 352 g/mol. The van der Waals surface area contributed by atoms with Gasteiger partial charge in [0.2, 0.25) is 0 Å². The molecular weight excluding hydrogens is 306 g/mol. The Balaban J connectivity index is 1.70. The molecule has 0 unspecified atom stereocenters. The van der Waals surface area contributed by atoms with Crippen LogP contribution >= 0.6 is 0 Å². The van der Waals surface area contributed by atoms with Crippen LogP contribution in [0.3, 0.4) is 0 Å². The summed E-state index contributed by atoms with van der Waals surface area (Å²) in [6.45, 7) is 5.51. The number of nitrogens with zero attached hydrogens (tertiary/aromatic N) is 1. The van der Waals surface area contributed by atoms with E-state index in [9.17, 15) is 0 Å². The van der Waals surface area contributed by atoms with E-state index in [4.69, 9.17) is 4.84 Å². The summed E-state index contributed by atoms with van der Waals surface area (Å²) in [7, 11) is 0. The third-order valence-electron chi connectivity index (χ3n) is 5.25. The Morgan fingerprint density at radius 3 is 1.76 bits per heavy atom. The van der Waals surface area contributed by atoms with E-state index in [1.807, 2.05) is 0 Å². The second kappa shape index (κ2) is 18.5. The monoisotopic (exact) mass is 351 g/mol. The lowest BCUT2D eigenvalue weighted by atomic mass is 10.1. The Bertz CT molecular complexity index is 284. The molecule has 1 fully saturated rings. The van der Waals surface area contributed by atoms with Crippen molar-refractivity contribution in [2.45, 2.75) is 116 Å². The van der Waals surface area contributed by atoms with Crippen molar-refractivity contribution in [1.82, 2.24) is 5.06 Å². The van der Waals surface area contributed by atoms with Gasteiger partial charge in [0.1, 0.15) is 0 Å². The van der Waals surface area contributed by atoms with Gasteiger partial charge in [-0.3, -0.25) is 4.84 Å². The molecule has 1 rings (SSSR count). The second-order valence-electron chi connectivity index (χ2n) is 7.76. The first-order valence-corrected chi connectivity index (χ1v) is 11.5. The van der Waals surface area contributed by atoms with Gasteiger partial charge in [0.05, 0.1) is 6.61 Å². The summed E-state index contributed by atoms with van der Waals surface area (Å²) in [4.78, 5) is 5.83. The molecule has 1 aliphatic heterocycles. The predicted octanol–water partition coefficient (Wildman–Crippen LogP) is 7.44. The fourth-order valence-electron chi connectivity index (χ4n) is 3.54. The maximum Gasteiger partial charge on any atom is 0.0685 e. The maximum absolute atomic E-state index is 5.83. The molecule has 0 radical (unpaired) electrons. The van der Waals surface area contributed by atoms with Crippen LogP contribution < -0.4 is 0 Å². The molecule has 0 aliphatic carbocycles. The van der Waals surface area contributed by atoms with Crippen molar-refractivity contribution in [3.8, 4) is 0 Å². The highest BCUT2D eigenvalue weighted by Crippen LogP contribution is 2.12. The summed E-state index contributed by atoms with van der Waals surface area (Å²) in [6, 6.07) is 0. The number of hydrogen-bond donors (Lipinski definition) is 0. The molecule has 0 aromatic rings. The third-order valence-corrected chi connectivity index (χ3v) is 5.25. The lowest BCUT2D eigenvalue weighted by molar-refractivity contribution is -0.169. The lowest BCUT2D eigenvalue weighted by Crippen LogP contribution is -2.30. The first-order valence-electron chi connectivity index (χ1n) is 11.5. The van der Waals surface area contributed by atoms with Crippen LogP contribution in [0.1, 0.15) is 116 Å². The van der Waals surface area contributed by atoms with Crippen molar-refractivity contribution >= 4 is 0 Å². The zero-order valence-corrected chi connectivity index (χ0v) is 17.2. The van der Waals surface area contributed by atoms with E-state index in [1.54, 1.807) is 0 Å². The zero-order valence-electron chi connectivity index (χ0n) is 17.2. The molecule has 148 valence electrons. The van der Waals surface area contributed by atoms with Gasteiger partial charge in [-0.1, -0.05) is 83.3 Å². The van der Waals surface area contributed by atoms with E-state index in [-0.39, 0.29) is 0 Å². The van der Waals surface area contributed by atoms with Gasteiger partial charge in [0, 0.05) is 13.1 Å². The van der Waals surface area contributed by atoms with E-state index < -0.39 is 0 Å². The number of unbranched alkanes of at least 4 members (excludes halogenated alkanes) is 12. The highest BCUT2D eigenvalue weighted by atomic mass is 16.7. The van der Waals surface area contributed by atoms with Crippen LogP contribution in [-0.4, -0.2) is 24.8 Å². The molecule has 0 saturated carbocycles. The molecule has 0 aromatic heterocycles. The van der Waals surface area contributed by atoms with E-state index in [0.717, 1.165) is 19.7 Å². The van der Waals surface area contributed by atoms with E-state index in [2.05, 4.69) is 24.1 Å². The van der Waals surface area contributed by atoms with Crippen LogP contribution in [0, 0.1) is 0 Å². The van der Waals surface area contributed by atoms with Gasteiger partial charge < -0.3 is 0 Å². The Kier molecular flexibility index (Phi) is 16.8. The second-order valence-corrected chi connectivity index (χ2v) is 7.76. The van der Waals surface area contributed by atoms with Crippen LogP contribution in [0.2, 0.25) is 0 Å². The van der Waals surface area contributed by atoms with Crippen LogP contribution in [-0.2, 0) is 4.84 Å². The van der Waals surface area contributed by atoms with Crippen LogP contribution in [0.25, 0.3) is 0 Å². The van der Waals surface area contributed by atoms with Crippen LogP contribution in [0.4, 0.5) is 0 Å². The zero-order chi connectivity index (χ0) is 17.8. The molecule has 25 heavy (non-hydrogen) atoms. The summed E-state index contributed by atoms with van der Waals surface area (Å²) in [5.41, 5.74) is 0. The maximum atomic E-state index is 5.83. The molecule has 1 heterocycles. The minimum absolute atomic E-state index is 0.932. The molecule has 0 amide bonds. The Morgan fingerprint density at radius 1 is 0.640 bits per heavy atom. The van der Waals surface area contributed by atoms with E-state index in [1.165, 1.54) is 109 Å². The molecule has 2 heteroatoms. The van der Waals surface area contributed by atoms with Crippen molar-refractivity contribution in [2.24, 2.45) is 0 Å². The minimum Gasteiger partial charge on any atom is -0.299 e. The predicted molar refractivity (Wildman–Crippen MR) is 111 cm³/mol. The SMILES string of the molecule is CCCCCCCC/C=C\CCCCCCCCON1CCCCC1. The van der Waals surface area contributed by atoms with Crippen molar-refractivity contribution in [3.05, 3.63) is 12.2 Å². The lowest BCUT2D eigenvalue weighted by Gasteiger charge is -2.25. The molecular formula is C23H45NO. The number of piperidine rings is 1. The molecule has 0 atom stereocenters. The van der Waals surface area contributed by atoms with Gasteiger partial charge in [0.15, 0.2) is 0 Å². The smallest absolute Gasteiger partial charge is 0.0685 e. The van der Waals surface area contributed by atoms with E-state index in [0.29, 0.717) is 0 Å². The van der Waals surface area contributed by atoms with Crippen LogP contribution in [0.15, 0.2) is 12.2 Å². The normalized spacial score (nSPS) is 16.0. The van der Waals surface area contributed by atoms with Gasteiger partial charge in [0.25, 0.3) is 0 Å². The molecule has 0 spiro atoms. The molecule has 1 saturated heterocycles. The third kappa shape index (κ3) is 15.6. The highest BCUT2D eigenvalue weighted by Gasteiger charge is 2.09. The highest BCUT2D eigenvalue weighted by molar-refractivity contribution is 4.81. The van der Waals surface area contributed by atoms with Crippen molar-refractivity contribution in [1.29, 1.82) is 0 Å². The fourth-order valence-corrected chi connectivity index (χ4v) is 3.54. The van der Waals surface area contributed by atoms with Gasteiger partial charge >= 0.3 is 0 Å². The minimum atomic E-state index is 0.932. The fraction of sp³-hybridized carbons (Fsp3) is 0.913. The van der Waals surface area contributed by atoms with Crippen molar-refractivity contribution in [3.63, 3.8) is 0 Å². The number of allylic oxidation sites excluding steroid dienone is 2. The number of hydrogen-bond acceptors (Lipinski definition) is 2. The molecule has 0 N–H and O–H groups in total. The molecule has 0 aromatic carbocycles. The number of rotatable bonds is 17. The summed E-state index contributed by atoms with van der Waals surface area (Å²) in [6.07, 6.45) is 28.0. The first kappa shape index (κ1) is 22.7. The Hall–Kier alpha value is -0.340. The summed E-state index contributed by atoms with van der Waals surface area (Å²) in [5.74, 6) is 0. The van der Waals surface area contributed by atoms with Gasteiger partial charge in [-0.15, -0.1) is 0 Å². The summed E-state index contributed by atoms with van der Waals surface area (Å²) in [5, 5.41) is 2.18. The summed E-state index contributed by atoms with van der Waals surface area (Å²) >= 11 is 0. The van der Waals surface area contributed by atoms with Gasteiger partial charge in [-0.05, 0) is 44.9 Å². The molecule has 1 aliphatic rings. The first-order chi connectivity index (χ1) is 12.4. The molecule has 2 nitrogen and oxygen atoms in total. The van der Waals surface area contributed by atoms with Gasteiger partial charge in [-0.25, -0.2) is 0 Å². The van der Waals surface area contributed by atoms with E-state index >= 15 is 0 Å². The van der Waals surface area contributed by atoms with Crippen molar-refractivity contribution in [2.75, 3.05) is 19.7 Å². The summed E-state index contributed by atoms with van der Waals surface area (Å²) < 4.78 is 0. The topological polar surface area (TPSA) is 12.5 Å². The average Bonchev–Trinajstić information content (AvgIpc) is 2.65. The van der Waals surface area contributed by atoms with Crippen LogP contribution in [0.5, 0.6) is 0 Å². The van der Waals surface area contributed by atoms with Crippen molar-refractivity contribution < 1.29 is 4.84 Å². The largest absolute Gasteiger partial charge is 0.299 e. The standard InChI is InChI=1S/C23H45NO/c1-2-3-4-5-6-7-8-9-10-11-12-13-14-15-16-20-23-25-24-21-18-17-19-22-24/h9-10H,2-8,11-23H2,1H3/b10-9-.